The van der Waals surface area contributed by atoms with E-state index in [0.717, 1.165) is 31.5 Å². The van der Waals surface area contributed by atoms with Gasteiger partial charge in [0.2, 0.25) is 10.0 Å². The van der Waals surface area contributed by atoms with E-state index in [4.69, 9.17) is 5.26 Å². The minimum atomic E-state index is -3.66. The molecule has 132 valence electrons. The van der Waals surface area contributed by atoms with Gasteiger partial charge in [0.15, 0.2) is 0 Å². The third kappa shape index (κ3) is 3.72. The van der Waals surface area contributed by atoms with Gasteiger partial charge < -0.3 is 5.32 Å². The summed E-state index contributed by atoms with van der Waals surface area (Å²) in [7, 11) is -3.66. The van der Waals surface area contributed by atoms with E-state index >= 15 is 0 Å². The quantitative estimate of drug-likeness (QED) is 0.882. The number of hydrogen-bond acceptors (Lipinski definition) is 4. The number of hydrogen-bond donors (Lipinski definition) is 1. The van der Waals surface area contributed by atoms with Crippen LogP contribution in [0.25, 0.3) is 0 Å². The first-order valence-electron chi connectivity index (χ1n) is 7.95. The summed E-state index contributed by atoms with van der Waals surface area (Å²) in [5.41, 5.74) is -0.240. The molecule has 0 spiro atoms. The van der Waals surface area contributed by atoms with Gasteiger partial charge in [0.1, 0.15) is 11.9 Å². The number of piperidine rings is 1. The summed E-state index contributed by atoms with van der Waals surface area (Å²) >= 11 is 0. The molecule has 3 rings (SSSR count). The first-order valence-corrected chi connectivity index (χ1v) is 9.39. The van der Waals surface area contributed by atoms with Gasteiger partial charge >= 0.3 is 0 Å². The molecule has 2 fully saturated rings. The normalized spacial score (nSPS) is 22.8. The maximum atomic E-state index is 13.4. The molecule has 2 aliphatic heterocycles. The molecular weight excluding hydrogens is 353 g/mol. The Balaban J connectivity index is 0.00000208. The van der Waals surface area contributed by atoms with Gasteiger partial charge in [0, 0.05) is 19.1 Å². The van der Waals surface area contributed by atoms with Crippen LogP contribution in [0, 0.1) is 23.1 Å². The minimum absolute atomic E-state index is 0. The molecule has 0 aromatic heterocycles. The second kappa shape index (κ2) is 7.79. The Bertz CT molecular complexity index is 721. The zero-order chi connectivity index (χ0) is 16.4. The van der Waals surface area contributed by atoms with Crippen LogP contribution in [0.1, 0.15) is 31.2 Å². The SMILES string of the molecule is Cl.N#Cc1cc(S(=O)(=O)N2CCC(C3CCCN3)CC2)ccc1F. The number of nitriles is 1. The fraction of sp³-hybridized carbons (Fsp3) is 0.562. The molecule has 0 bridgehead atoms. The minimum Gasteiger partial charge on any atom is -0.314 e. The maximum absolute atomic E-state index is 13.4. The average molecular weight is 374 g/mol. The standard InChI is InChI=1S/C16H20FN3O2S.ClH/c17-15-4-3-14(10-13(15)11-18)23(21,22)20-8-5-12(6-9-20)16-2-1-7-19-16;/h3-4,10,12,16,19H,1-2,5-9H2;1H. The largest absolute Gasteiger partial charge is 0.314 e. The Hall–Kier alpha value is -1.20. The first-order chi connectivity index (χ1) is 11.0. The first kappa shape index (κ1) is 19.1. The molecular formula is C16H21ClFN3O2S. The Morgan fingerprint density at radius 2 is 1.96 bits per heavy atom. The van der Waals surface area contributed by atoms with Gasteiger partial charge in [-0.05, 0) is 56.3 Å². The topological polar surface area (TPSA) is 73.2 Å². The van der Waals surface area contributed by atoms with Gasteiger partial charge in [-0.1, -0.05) is 0 Å². The van der Waals surface area contributed by atoms with E-state index in [1.807, 2.05) is 0 Å². The Labute approximate surface area is 148 Å². The van der Waals surface area contributed by atoms with Gasteiger partial charge in [-0.25, -0.2) is 12.8 Å². The molecule has 2 heterocycles. The summed E-state index contributed by atoms with van der Waals surface area (Å²) in [6.07, 6.45) is 4.03. The number of rotatable bonds is 3. The molecule has 5 nitrogen and oxygen atoms in total. The zero-order valence-electron chi connectivity index (χ0n) is 13.2. The van der Waals surface area contributed by atoms with Gasteiger partial charge in [-0.15, -0.1) is 12.4 Å². The highest BCUT2D eigenvalue weighted by molar-refractivity contribution is 7.89. The fourth-order valence-electron chi connectivity index (χ4n) is 3.53. The zero-order valence-corrected chi connectivity index (χ0v) is 14.9. The third-order valence-corrected chi connectivity index (χ3v) is 6.76. The number of benzene rings is 1. The predicted octanol–water partition coefficient (Wildman–Crippen LogP) is 2.27. The molecule has 0 saturated carbocycles. The number of sulfonamides is 1. The molecule has 1 aromatic carbocycles. The summed E-state index contributed by atoms with van der Waals surface area (Å²) < 4.78 is 40.2. The predicted molar refractivity (Wildman–Crippen MR) is 90.9 cm³/mol. The van der Waals surface area contributed by atoms with Gasteiger partial charge in [-0.2, -0.15) is 9.57 Å². The van der Waals surface area contributed by atoms with Crippen molar-refractivity contribution in [3.63, 3.8) is 0 Å². The molecule has 1 aromatic rings. The van der Waals surface area contributed by atoms with Crippen molar-refractivity contribution in [1.82, 2.24) is 9.62 Å². The monoisotopic (exact) mass is 373 g/mol. The summed E-state index contributed by atoms with van der Waals surface area (Å²) in [6, 6.07) is 5.59. The van der Waals surface area contributed by atoms with Crippen molar-refractivity contribution < 1.29 is 12.8 Å². The van der Waals surface area contributed by atoms with Crippen LogP contribution in [0.15, 0.2) is 23.1 Å². The van der Waals surface area contributed by atoms with Crippen molar-refractivity contribution in [2.45, 2.75) is 36.6 Å². The van der Waals surface area contributed by atoms with E-state index < -0.39 is 15.8 Å². The van der Waals surface area contributed by atoms with Crippen LogP contribution < -0.4 is 5.32 Å². The molecule has 2 aliphatic rings. The Morgan fingerprint density at radius 1 is 1.25 bits per heavy atom. The van der Waals surface area contributed by atoms with Gasteiger partial charge in [-0.3, -0.25) is 0 Å². The second-order valence-electron chi connectivity index (χ2n) is 6.20. The van der Waals surface area contributed by atoms with Crippen LogP contribution in [0.5, 0.6) is 0 Å². The molecule has 2 saturated heterocycles. The molecule has 8 heteroatoms. The maximum Gasteiger partial charge on any atom is 0.243 e. The van der Waals surface area contributed by atoms with Crippen LogP contribution in [0.4, 0.5) is 4.39 Å². The van der Waals surface area contributed by atoms with Crippen LogP contribution in [-0.2, 0) is 10.0 Å². The highest BCUT2D eigenvalue weighted by Crippen LogP contribution is 2.29. The van der Waals surface area contributed by atoms with Crippen molar-refractivity contribution in [3.05, 3.63) is 29.6 Å². The third-order valence-electron chi connectivity index (χ3n) is 4.86. The number of nitrogens with one attached hydrogen (secondary N) is 1. The molecule has 24 heavy (non-hydrogen) atoms. The van der Waals surface area contributed by atoms with Crippen LogP contribution >= 0.6 is 12.4 Å². The summed E-state index contributed by atoms with van der Waals surface area (Å²) in [4.78, 5) is -0.00658. The smallest absolute Gasteiger partial charge is 0.243 e. The van der Waals surface area contributed by atoms with Crippen molar-refractivity contribution in [1.29, 1.82) is 5.26 Å². The van der Waals surface area contributed by atoms with Gasteiger partial charge in [0.25, 0.3) is 0 Å². The van der Waals surface area contributed by atoms with E-state index in [2.05, 4.69) is 5.32 Å². The number of nitrogens with zero attached hydrogens (tertiary/aromatic N) is 2. The molecule has 0 radical (unpaired) electrons. The van der Waals surface area contributed by atoms with Crippen molar-refractivity contribution in [2.75, 3.05) is 19.6 Å². The summed E-state index contributed by atoms with van der Waals surface area (Å²) in [5, 5.41) is 12.4. The van der Waals surface area contributed by atoms with Crippen LogP contribution in [0.2, 0.25) is 0 Å². The fourth-order valence-corrected chi connectivity index (χ4v) is 5.03. The summed E-state index contributed by atoms with van der Waals surface area (Å²) in [5.74, 6) is -0.177. The second-order valence-corrected chi connectivity index (χ2v) is 8.14. The number of halogens is 2. The molecule has 1 N–H and O–H groups in total. The van der Waals surface area contributed by atoms with E-state index in [1.54, 1.807) is 6.07 Å². The molecule has 0 aliphatic carbocycles. The highest BCUT2D eigenvalue weighted by atomic mass is 35.5. The van der Waals surface area contributed by atoms with Crippen molar-refractivity contribution in [3.8, 4) is 6.07 Å². The Kier molecular flexibility index (Phi) is 6.21. The van der Waals surface area contributed by atoms with E-state index in [9.17, 15) is 12.8 Å². The lowest BCUT2D eigenvalue weighted by Gasteiger charge is -2.34. The molecule has 1 atom stereocenters. The van der Waals surface area contributed by atoms with Gasteiger partial charge in [0.05, 0.1) is 10.5 Å². The molecule has 1 unspecified atom stereocenters. The van der Waals surface area contributed by atoms with E-state index in [-0.39, 0.29) is 22.9 Å². The van der Waals surface area contributed by atoms with Crippen molar-refractivity contribution >= 4 is 22.4 Å². The highest BCUT2D eigenvalue weighted by Gasteiger charge is 2.33. The van der Waals surface area contributed by atoms with Crippen molar-refractivity contribution in [2.24, 2.45) is 5.92 Å². The average Bonchev–Trinajstić information content (AvgIpc) is 3.09. The molecule has 0 amide bonds. The Morgan fingerprint density at radius 3 is 2.54 bits per heavy atom. The van der Waals surface area contributed by atoms with Crippen LogP contribution in [0.3, 0.4) is 0 Å². The van der Waals surface area contributed by atoms with E-state index in [1.165, 1.54) is 23.2 Å². The lowest BCUT2D eigenvalue weighted by Crippen LogP contribution is -2.43. The lowest BCUT2D eigenvalue weighted by molar-refractivity contribution is 0.234. The summed E-state index contributed by atoms with van der Waals surface area (Å²) in [6.45, 7) is 2.00. The lowest BCUT2D eigenvalue weighted by atomic mass is 9.89. The van der Waals surface area contributed by atoms with E-state index in [0.29, 0.717) is 25.0 Å². The van der Waals surface area contributed by atoms with Crippen LogP contribution in [-0.4, -0.2) is 38.4 Å².